The molecular weight excluding hydrogens is 214 g/mol. The Morgan fingerprint density at radius 1 is 1.18 bits per heavy atom. The number of ether oxygens (including phenoxy) is 1. The van der Waals surface area contributed by atoms with Crippen molar-refractivity contribution in [1.82, 2.24) is 0 Å². The fourth-order valence-electron chi connectivity index (χ4n) is 2.50. The second-order valence-corrected chi connectivity index (χ2v) is 4.61. The van der Waals surface area contributed by atoms with Gasteiger partial charge in [-0.1, -0.05) is 0 Å². The fraction of sp³-hybridized carbons (Fsp3) is 0.500. The van der Waals surface area contributed by atoms with Crippen LogP contribution in [0.4, 0.5) is 5.69 Å². The van der Waals surface area contributed by atoms with Crippen LogP contribution in [0.3, 0.4) is 0 Å². The molecule has 1 fully saturated rings. The number of carbonyl (C=O) groups is 1. The van der Waals surface area contributed by atoms with Crippen LogP contribution in [0.25, 0.3) is 0 Å². The highest BCUT2D eigenvalue weighted by Gasteiger charge is 2.22. The van der Waals surface area contributed by atoms with Crippen molar-refractivity contribution in [3.63, 3.8) is 0 Å². The zero-order valence-corrected chi connectivity index (χ0v) is 10.7. The molecule has 0 unspecified atom stereocenters. The molecule has 17 heavy (non-hydrogen) atoms. The van der Waals surface area contributed by atoms with Gasteiger partial charge in [-0.25, -0.2) is 0 Å². The standard InChI is InChI=1S/C14H19NO2/c1-10-8-12(17-3)9-11(2)14(10)15-7-5-4-6-13(15)16/h8-9H,4-7H2,1-3H3. The fourth-order valence-corrected chi connectivity index (χ4v) is 2.50. The van der Waals surface area contributed by atoms with E-state index in [1.807, 2.05) is 30.9 Å². The molecule has 0 aliphatic carbocycles. The van der Waals surface area contributed by atoms with Gasteiger partial charge in [0.25, 0.3) is 0 Å². The van der Waals surface area contributed by atoms with Gasteiger partial charge < -0.3 is 9.64 Å². The molecule has 1 aromatic rings. The molecule has 0 radical (unpaired) electrons. The maximum absolute atomic E-state index is 11.9. The van der Waals surface area contributed by atoms with E-state index in [0.717, 1.165) is 42.0 Å². The monoisotopic (exact) mass is 233 g/mol. The summed E-state index contributed by atoms with van der Waals surface area (Å²) in [6.45, 7) is 4.91. The molecule has 2 rings (SSSR count). The van der Waals surface area contributed by atoms with Crippen LogP contribution in [-0.2, 0) is 4.79 Å². The number of amides is 1. The summed E-state index contributed by atoms with van der Waals surface area (Å²) in [6.07, 6.45) is 2.78. The Morgan fingerprint density at radius 2 is 1.82 bits per heavy atom. The lowest BCUT2D eigenvalue weighted by atomic mass is 10.0. The molecule has 0 saturated carbocycles. The lowest BCUT2D eigenvalue weighted by Gasteiger charge is -2.29. The zero-order chi connectivity index (χ0) is 12.4. The molecule has 0 N–H and O–H groups in total. The first-order valence-corrected chi connectivity index (χ1v) is 6.09. The van der Waals surface area contributed by atoms with Crippen LogP contribution >= 0.6 is 0 Å². The molecule has 3 heteroatoms. The van der Waals surface area contributed by atoms with Crippen molar-refractivity contribution in [2.24, 2.45) is 0 Å². The third-order valence-corrected chi connectivity index (χ3v) is 3.29. The first-order chi connectivity index (χ1) is 8.13. The molecule has 1 aromatic carbocycles. The topological polar surface area (TPSA) is 29.5 Å². The van der Waals surface area contributed by atoms with Crippen LogP contribution in [0.15, 0.2) is 12.1 Å². The maximum Gasteiger partial charge on any atom is 0.226 e. The average molecular weight is 233 g/mol. The van der Waals surface area contributed by atoms with Crippen molar-refractivity contribution in [2.45, 2.75) is 33.1 Å². The van der Waals surface area contributed by atoms with Crippen LogP contribution < -0.4 is 9.64 Å². The number of methoxy groups -OCH3 is 1. The lowest BCUT2D eigenvalue weighted by molar-refractivity contribution is -0.119. The van der Waals surface area contributed by atoms with Crippen molar-refractivity contribution in [3.8, 4) is 5.75 Å². The Labute approximate surface area is 102 Å². The third kappa shape index (κ3) is 2.28. The first kappa shape index (κ1) is 12.0. The van der Waals surface area contributed by atoms with E-state index < -0.39 is 0 Å². The van der Waals surface area contributed by atoms with Gasteiger partial charge in [-0.05, 0) is 49.9 Å². The number of aryl methyl sites for hydroxylation is 2. The third-order valence-electron chi connectivity index (χ3n) is 3.29. The molecule has 0 atom stereocenters. The van der Waals surface area contributed by atoms with Crippen LogP contribution in [0, 0.1) is 13.8 Å². The minimum absolute atomic E-state index is 0.243. The molecule has 0 aromatic heterocycles. The van der Waals surface area contributed by atoms with Crippen molar-refractivity contribution < 1.29 is 9.53 Å². The summed E-state index contributed by atoms with van der Waals surface area (Å²) in [6, 6.07) is 3.98. The predicted octanol–water partition coefficient (Wildman–Crippen LogP) is 2.83. The second kappa shape index (κ2) is 4.78. The highest BCUT2D eigenvalue weighted by atomic mass is 16.5. The van der Waals surface area contributed by atoms with Gasteiger partial charge in [0.2, 0.25) is 5.91 Å². The van der Waals surface area contributed by atoms with Crippen molar-refractivity contribution in [1.29, 1.82) is 0 Å². The maximum atomic E-state index is 11.9. The van der Waals surface area contributed by atoms with Crippen molar-refractivity contribution >= 4 is 11.6 Å². The summed E-state index contributed by atoms with van der Waals surface area (Å²) in [5.41, 5.74) is 3.28. The molecule has 1 aliphatic heterocycles. The van der Waals surface area contributed by atoms with E-state index in [0.29, 0.717) is 6.42 Å². The highest BCUT2D eigenvalue weighted by molar-refractivity contribution is 5.95. The summed E-state index contributed by atoms with van der Waals surface area (Å²) in [4.78, 5) is 13.9. The van der Waals surface area contributed by atoms with E-state index in [4.69, 9.17) is 4.74 Å². The van der Waals surface area contributed by atoms with Gasteiger partial charge in [0, 0.05) is 18.7 Å². The molecule has 3 nitrogen and oxygen atoms in total. The zero-order valence-electron chi connectivity index (χ0n) is 10.7. The number of hydrogen-bond donors (Lipinski definition) is 0. The van der Waals surface area contributed by atoms with Crippen LogP contribution in [0.2, 0.25) is 0 Å². The predicted molar refractivity (Wildman–Crippen MR) is 68.7 cm³/mol. The van der Waals surface area contributed by atoms with E-state index in [-0.39, 0.29) is 5.91 Å². The molecule has 92 valence electrons. The first-order valence-electron chi connectivity index (χ1n) is 6.09. The van der Waals surface area contributed by atoms with E-state index in [1.54, 1.807) is 7.11 Å². The summed E-state index contributed by atoms with van der Waals surface area (Å²) in [5, 5.41) is 0. The van der Waals surface area contributed by atoms with E-state index in [9.17, 15) is 4.79 Å². The van der Waals surface area contributed by atoms with E-state index in [2.05, 4.69) is 0 Å². The van der Waals surface area contributed by atoms with Gasteiger partial charge in [-0.3, -0.25) is 4.79 Å². The Morgan fingerprint density at radius 3 is 2.35 bits per heavy atom. The Bertz CT molecular complexity index is 417. The molecular formula is C14H19NO2. The van der Waals surface area contributed by atoms with Gasteiger partial charge in [0.05, 0.1) is 7.11 Å². The van der Waals surface area contributed by atoms with E-state index >= 15 is 0 Å². The second-order valence-electron chi connectivity index (χ2n) is 4.61. The Kier molecular flexibility index (Phi) is 3.36. The number of anilines is 1. The molecule has 0 bridgehead atoms. The quantitative estimate of drug-likeness (QED) is 0.786. The summed E-state index contributed by atoms with van der Waals surface area (Å²) < 4.78 is 5.24. The van der Waals surface area contributed by atoms with Gasteiger partial charge >= 0.3 is 0 Å². The van der Waals surface area contributed by atoms with Crippen LogP contribution in [0.5, 0.6) is 5.75 Å². The minimum Gasteiger partial charge on any atom is -0.497 e. The molecule has 0 spiro atoms. The largest absolute Gasteiger partial charge is 0.497 e. The van der Waals surface area contributed by atoms with Crippen molar-refractivity contribution in [2.75, 3.05) is 18.6 Å². The summed E-state index contributed by atoms with van der Waals surface area (Å²) >= 11 is 0. The van der Waals surface area contributed by atoms with Gasteiger partial charge in [-0.2, -0.15) is 0 Å². The number of piperidine rings is 1. The lowest BCUT2D eigenvalue weighted by Crippen LogP contribution is -2.36. The number of carbonyl (C=O) groups excluding carboxylic acids is 1. The summed E-state index contributed by atoms with van der Waals surface area (Å²) in [7, 11) is 1.67. The number of nitrogens with zero attached hydrogens (tertiary/aromatic N) is 1. The van der Waals surface area contributed by atoms with Gasteiger partial charge in [-0.15, -0.1) is 0 Å². The van der Waals surface area contributed by atoms with Crippen LogP contribution in [0.1, 0.15) is 30.4 Å². The van der Waals surface area contributed by atoms with Crippen LogP contribution in [-0.4, -0.2) is 19.6 Å². The number of benzene rings is 1. The molecule has 1 heterocycles. The van der Waals surface area contributed by atoms with Crippen molar-refractivity contribution in [3.05, 3.63) is 23.3 Å². The van der Waals surface area contributed by atoms with E-state index in [1.165, 1.54) is 0 Å². The Balaban J connectivity index is 2.40. The SMILES string of the molecule is COc1cc(C)c(N2CCCCC2=O)c(C)c1. The minimum atomic E-state index is 0.243. The number of rotatable bonds is 2. The summed E-state index contributed by atoms with van der Waals surface area (Å²) in [5.74, 6) is 1.10. The highest BCUT2D eigenvalue weighted by Crippen LogP contribution is 2.31. The molecule has 1 amide bonds. The smallest absolute Gasteiger partial charge is 0.226 e. The van der Waals surface area contributed by atoms with Gasteiger partial charge in [0.1, 0.15) is 5.75 Å². The number of hydrogen-bond acceptors (Lipinski definition) is 2. The molecule has 1 saturated heterocycles. The Hall–Kier alpha value is -1.51. The average Bonchev–Trinajstić information content (AvgIpc) is 2.30. The normalized spacial score (nSPS) is 16.2. The van der Waals surface area contributed by atoms with Gasteiger partial charge in [0.15, 0.2) is 0 Å². The molecule has 1 aliphatic rings.